The number of rotatable bonds is 5. The summed E-state index contributed by atoms with van der Waals surface area (Å²) in [6.45, 7) is 0.665. The van der Waals surface area contributed by atoms with Crippen molar-refractivity contribution in [1.82, 2.24) is 9.29 Å². The van der Waals surface area contributed by atoms with E-state index in [0.29, 0.717) is 31.6 Å². The molecule has 5 rings (SSSR count). The number of nitrogens with zero attached hydrogens (tertiary/aromatic N) is 2. The smallest absolute Gasteiger partial charge is 0.243 e. The Morgan fingerprint density at radius 1 is 1.06 bits per heavy atom. The van der Waals surface area contributed by atoms with E-state index in [9.17, 15) is 13.2 Å². The van der Waals surface area contributed by atoms with Crippen LogP contribution in [0.5, 0.6) is 0 Å². The summed E-state index contributed by atoms with van der Waals surface area (Å²) >= 11 is 0. The van der Waals surface area contributed by atoms with Gasteiger partial charge in [0.05, 0.1) is 11.1 Å². The number of Topliss-reactive ketones (excluding diaryl/α,β-unsaturated/α-hetero) is 1. The number of ketones is 1. The number of fused-ring (bicyclic) bond motifs is 1. The highest BCUT2D eigenvalue weighted by atomic mass is 32.2. The van der Waals surface area contributed by atoms with Gasteiger partial charge in [0.1, 0.15) is 5.78 Å². The first kappa shape index (κ1) is 20.8. The third kappa shape index (κ3) is 3.82. The van der Waals surface area contributed by atoms with E-state index >= 15 is 0 Å². The van der Waals surface area contributed by atoms with Crippen molar-refractivity contribution >= 4 is 15.8 Å². The van der Waals surface area contributed by atoms with Crippen LogP contribution in [-0.4, -0.2) is 36.6 Å². The fraction of sp³-hybridized carbons (Fsp3) is 0.280. The lowest BCUT2D eigenvalue weighted by Crippen LogP contribution is -2.49. The monoisotopic (exact) mass is 448 g/mol. The molecule has 0 bridgehead atoms. The molecule has 2 heterocycles. The molecule has 0 radical (unpaired) electrons. The van der Waals surface area contributed by atoms with Gasteiger partial charge in [-0.25, -0.2) is 13.4 Å². The van der Waals surface area contributed by atoms with Gasteiger partial charge in [0.15, 0.2) is 12.2 Å². The lowest BCUT2D eigenvalue weighted by Gasteiger charge is -2.45. The number of carbonyl (C=O) groups excluding carboxylic acids is 1. The Kier molecular flexibility index (Phi) is 5.31. The fourth-order valence-corrected chi connectivity index (χ4v) is 6.30. The number of hydrogen-bond donors (Lipinski definition) is 0. The van der Waals surface area contributed by atoms with Crippen molar-refractivity contribution in [3.63, 3.8) is 0 Å². The molecule has 0 saturated heterocycles. The second-order valence-electron chi connectivity index (χ2n) is 8.58. The second kappa shape index (κ2) is 8.15. The molecular weight excluding hydrogens is 424 g/mol. The van der Waals surface area contributed by atoms with Gasteiger partial charge in [-0.3, -0.25) is 4.79 Å². The molecule has 7 heteroatoms. The summed E-state index contributed by atoms with van der Waals surface area (Å²) in [6, 6.07) is 16.8. The number of hydrogen-bond acceptors (Lipinski definition) is 5. The van der Waals surface area contributed by atoms with Crippen LogP contribution in [0, 0.1) is 5.41 Å². The highest BCUT2D eigenvalue weighted by Gasteiger charge is 2.45. The summed E-state index contributed by atoms with van der Waals surface area (Å²) in [7, 11) is -3.68. The Bertz CT molecular complexity index is 1250. The minimum absolute atomic E-state index is 0.235. The third-order valence-electron chi connectivity index (χ3n) is 6.57. The molecule has 1 atom stereocenters. The maximum Gasteiger partial charge on any atom is 0.243 e. The van der Waals surface area contributed by atoms with E-state index in [1.807, 2.05) is 24.3 Å². The SMILES string of the molecule is O=C1CCC2(Cc3ccccc3)CN(S(=O)(=O)c3ccc(-c4cnco4)cc3)CC=C2C1. The zero-order chi connectivity index (χ0) is 22.2. The Morgan fingerprint density at radius 2 is 1.84 bits per heavy atom. The molecule has 1 aliphatic heterocycles. The van der Waals surface area contributed by atoms with Gasteiger partial charge in [-0.2, -0.15) is 4.31 Å². The lowest BCUT2D eigenvalue weighted by atomic mass is 9.65. The average molecular weight is 449 g/mol. The molecule has 164 valence electrons. The van der Waals surface area contributed by atoms with Crippen LogP contribution in [-0.2, 0) is 21.2 Å². The van der Waals surface area contributed by atoms with Gasteiger partial charge >= 0.3 is 0 Å². The summed E-state index contributed by atoms with van der Waals surface area (Å²) < 4.78 is 33.9. The van der Waals surface area contributed by atoms with Gasteiger partial charge in [-0.1, -0.05) is 42.0 Å². The number of benzene rings is 2. The summed E-state index contributed by atoms with van der Waals surface area (Å²) in [5.74, 6) is 0.826. The van der Waals surface area contributed by atoms with Crippen molar-refractivity contribution in [2.45, 2.75) is 30.6 Å². The van der Waals surface area contributed by atoms with E-state index in [1.165, 1.54) is 6.39 Å². The number of carbonyl (C=O) groups is 1. The van der Waals surface area contributed by atoms with E-state index in [0.717, 1.165) is 23.1 Å². The lowest BCUT2D eigenvalue weighted by molar-refractivity contribution is -0.120. The van der Waals surface area contributed by atoms with Crippen LogP contribution in [0.3, 0.4) is 0 Å². The standard InChI is InChI=1S/C25H24N2O4S/c28-22-10-12-25(15-19-4-2-1-3-5-19)17-27(13-11-21(25)14-22)32(29,30)23-8-6-20(7-9-23)24-16-26-18-31-24/h1-9,11,16,18H,10,12-15,17H2. The molecule has 0 amide bonds. The molecule has 1 aromatic heterocycles. The molecule has 0 spiro atoms. The number of oxazole rings is 1. The van der Waals surface area contributed by atoms with Gasteiger partial charge in [0.25, 0.3) is 0 Å². The van der Waals surface area contributed by atoms with Crippen molar-refractivity contribution in [2.75, 3.05) is 13.1 Å². The van der Waals surface area contributed by atoms with E-state index in [-0.39, 0.29) is 22.6 Å². The Hall–Kier alpha value is -3.03. The highest BCUT2D eigenvalue weighted by molar-refractivity contribution is 7.89. The topological polar surface area (TPSA) is 80.5 Å². The largest absolute Gasteiger partial charge is 0.444 e. The van der Waals surface area contributed by atoms with E-state index in [4.69, 9.17) is 4.42 Å². The van der Waals surface area contributed by atoms with Crippen molar-refractivity contribution in [1.29, 1.82) is 0 Å². The Labute approximate surface area is 187 Å². The van der Waals surface area contributed by atoms with Crippen LogP contribution in [0.25, 0.3) is 11.3 Å². The van der Waals surface area contributed by atoms with Crippen molar-refractivity contribution in [3.05, 3.63) is 84.4 Å². The highest BCUT2D eigenvalue weighted by Crippen LogP contribution is 2.46. The van der Waals surface area contributed by atoms with Crippen LogP contribution in [0.1, 0.15) is 24.8 Å². The molecular formula is C25H24N2O4S. The number of sulfonamides is 1. The minimum atomic E-state index is -3.68. The first-order valence-electron chi connectivity index (χ1n) is 10.7. The predicted molar refractivity (Wildman–Crippen MR) is 120 cm³/mol. The normalized spacial score (nSPS) is 21.8. The molecule has 2 aliphatic rings. The van der Waals surface area contributed by atoms with Crippen molar-refractivity contribution in [2.24, 2.45) is 5.41 Å². The van der Waals surface area contributed by atoms with Gasteiger partial charge in [-0.05, 0) is 42.7 Å². The summed E-state index contributed by atoms with van der Waals surface area (Å²) in [5, 5.41) is 0. The minimum Gasteiger partial charge on any atom is -0.444 e. The van der Waals surface area contributed by atoms with Crippen molar-refractivity contribution in [3.8, 4) is 11.3 Å². The Morgan fingerprint density at radius 3 is 2.56 bits per heavy atom. The van der Waals surface area contributed by atoms with E-state index < -0.39 is 10.0 Å². The van der Waals surface area contributed by atoms with Crippen LogP contribution >= 0.6 is 0 Å². The van der Waals surface area contributed by atoms with Crippen LogP contribution in [0.2, 0.25) is 0 Å². The quantitative estimate of drug-likeness (QED) is 0.545. The molecule has 1 unspecified atom stereocenters. The predicted octanol–water partition coefficient (Wildman–Crippen LogP) is 4.25. The molecule has 2 aromatic carbocycles. The van der Waals surface area contributed by atoms with E-state index in [1.54, 1.807) is 34.8 Å². The average Bonchev–Trinajstić information content (AvgIpc) is 3.35. The van der Waals surface area contributed by atoms with Gasteiger partial charge in [-0.15, -0.1) is 0 Å². The molecule has 3 aromatic rings. The van der Waals surface area contributed by atoms with Gasteiger partial charge in [0, 0.05) is 36.9 Å². The third-order valence-corrected chi connectivity index (χ3v) is 8.39. The molecule has 6 nitrogen and oxygen atoms in total. The van der Waals surface area contributed by atoms with E-state index in [2.05, 4.69) is 17.1 Å². The molecule has 1 aliphatic carbocycles. The first-order valence-corrected chi connectivity index (χ1v) is 12.1. The second-order valence-corrected chi connectivity index (χ2v) is 10.5. The molecule has 32 heavy (non-hydrogen) atoms. The maximum absolute atomic E-state index is 13.5. The number of aromatic nitrogens is 1. The van der Waals surface area contributed by atoms with Crippen molar-refractivity contribution < 1.29 is 17.6 Å². The zero-order valence-electron chi connectivity index (χ0n) is 17.6. The molecule has 1 saturated carbocycles. The maximum atomic E-state index is 13.5. The van der Waals surface area contributed by atoms with Crippen LogP contribution in [0.4, 0.5) is 0 Å². The first-order chi connectivity index (χ1) is 15.5. The summed E-state index contributed by atoms with van der Waals surface area (Å²) in [4.78, 5) is 16.3. The van der Waals surface area contributed by atoms with Gasteiger partial charge < -0.3 is 4.42 Å². The van der Waals surface area contributed by atoms with Crippen LogP contribution in [0.15, 0.2) is 88.1 Å². The summed E-state index contributed by atoms with van der Waals surface area (Å²) in [5.41, 5.74) is 2.67. The van der Waals surface area contributed by atoms with Gasteiger partial charge in [0.2, 0.25) is 10.0 Å². The zero-order valence-corrected chi connectivity index (χ0v) is 18.4. The molecule has 0 N–H and O–H groups in total. The summed E-state index contributed by atoms with van der Waals surface area (Å²) in [6.07, 6.45) is 7.21. The van der Waals surface area contributed by atoms with Crippen LogP contribution < -0.4 is 0 Å². The Balaban J connectivity index is 1.45. The fourth-order valence-electron chi connectivity index (χ4n) is 4.84. The molecule has 1 fully saturated rings.